The second-order valence-electron chi connectivity index (χ2n) is 6.35. The minimum Gasteiger partial charge on any atom is -0.497 e. The Morgan fingerprint density at radius 2 is 2.36 bits per heavy atom. The van der Waals surface area contributed by atoms with Gasteiger partial charge in [0.25, 0.3) is 0 Å². The molecular weight excluding hydrogens is 320 g/mol. The van der Waals surface area contributed by atoms with Crippen molar-refractivity contribution in [1.82, 2.24) is 30.5 Å². The molecule has 0 radical (unpaired) electrons. The lowest BCUT2D eigenvalue weighted by Crippen LogP contribution is -2.36. The van der Waals surface area contributed by atoms with Crippen molar-refractivity contribution in [3.05, 3.63) is 35.8 Å². The molecule has 25 heavy (non-hydrogen) atoms. The van der Waals surface area contributed by atoms with Crippen molar-refractivity contribution in [3.63, 3.8) is 0 Å². The number of hydrogen-bond acceptors (Lipinski definition) is 5. The lowest BCUT2D eigenvalue weighted by molar-refractivity contribution is -0.125. The highest BCUT2D eigenvalue weighted by Crippen LogP contribution is 2.36. The molecule has 0 saturated carbocycles. The minimum absolute atomic E-state index is 0.0337. The Balaban J connectivity index is 1.62. The number of carbonyl (C=O) groups is 1. The topological polar surface area (TPSA) is 97.7 Å². The molecule has 8 nitrogen and oxygen atoms in total. The molecule has 0 aliphatic heterocycles. The number of nitrogens with zero attached hydrogens (tertiary/aromatic N) is 4. The molecule has 0 bridgehead atoms. The van der Waals surface area contributed by atoms with Gasteiger partial charge in [-0.15, -0.1) is 5.10 Å². The van der Waals surface area contributed by atoms with Gasteiger partial charge in [-0.25, -0.2) is 4.68 Å². The van der Waals surface area contributed by atoms with Crippen LogP contribution in [0.25, 0.3) is 10.9 Å². The quantitative estimate of drug-likeness (QED) is 0.756. The molecular formula is C17H20N6O2. The van der Waals surface area contributed by atoms with Gasteiger partial charge >= 0.3 is 0 Å². The van der Waals surface area contributed by atoms with Gasteiger partial charge in [-0.3, -0.25) is 4.79 Å². The van der Waals surface area contributed by atoms with Crippen molar-refractivity contribution in [2.45, 2.75) is 38.3 Å². The summed E-state index contributed by atoms with van der Waals surface area (Å²) in [6, 6.07) is 5.53. The number of rotatable bonds is 4. The molecule has 2 aromatic heterocycles. The number of tetrazole rings is 1. The maximum atomic E-state index is 12.6. The van der Waals surface area contributed by atoms with E-state index in [0.717, 1.165) is 36.2 Å². The molecule has 130 valence electrons. The smallest absolute Gasteiger partial charge is 0.245 e. The van der Waals surface area contributed by atoms with Crippen LogP contribution in [0.2, 0.25) is 0 Å². The van der Waals surface area contributed by atoms with Gasteiger partial charge in [0.1, 0.15) is 18.1 Å². The van der Waals surface area contributed by atoms with Gasteiger partial charge in [-0.1, -0.05) is 0 Å². The molecule has 0 spiro atoms. The van der Waals surface area contributed by atoms with E-state index in [0.29, 0.717) is 0 Å². The van der Waals surface area contributed by atoms with E-state index in [1.54, 1.807) is 14.0 Å². The average Bonchev–Trinajstić information content (AvgIpc) is 3.29. The first-order chi connectivity index (χ1) is 12.2. The van der Waals surface area contributed by atoms with E-state index in [4.69, 9.17) is 4.74 Å². The number of aromatic amines is 1. The van der Waals surface area contributed by atoms with Crippen LogP contribution in [0, 0.1) is 0 Å². The fourth-order valence-corrected chi connectivity index (χ4v) is 3.47. The number of amides is 1. The Hall–Kier alpha value is -2.90. The summed E-state index contributed by atoms with van der Waals surface area (Å²) >= 11 is 0. The monoisotopic (exact) mass is 340 g/mol. The van der Waals surface area contributed by atoms with E-state index in [1.165, 1.54) is 22.0 Å². The number of nitrogens with one attached hydrogen (secondary N) is 2. The SMILES string of the molecule is COc1ccc2[nH]c3c(c2c1)CCCC3NC(=O)C(C)n1cnnn1. The number of benzene rings is 1. The zero-order valence-electron chi connectivity index (χ0n) is 14.2. The lowest BCUT2D eigenvalue weighted by Gasteiger charge is -2.25. The van der Waals surface area contributed by atoms with Crippen molar-refractivity contribution in [1.29, 1.82) is 0 Å². The molecule has 8 heteroatoms. The number of hydrogen-bond donors (Lipinski definition) is 2. The fraction of sp³-hybridized carbons (Fsp3) is 0.412. The van der Waals surface area contributed by atoms with E-state index in [2.05, 4.69) is 31.9 Å². The highest BCUT2D eigenvalue weighted by Gasteiger charge is 2.27. The molecule has 2 unspecified atom stereocenters. The molecule has 3 aromatic rings. The van der Waals surface area contributed by atoms with Crippen molar-refractivity contribution < 1.29 is 9.53 Å². The number of aromatic nitrogens is 5. The molecule has 1 aliphatic rings. The third-order valence-electron chi connectivity index (χ3n) is 4.87. The van der Waals surface area contributed by atoms with Crippen LogP contribution in [0.1, 0.15) is 43.1 Å². The van der Waals surface area contributed by atoms with Crippen LogP contribution >= 0.6 is 0 Å². The first kappa shape index (κ1) is 15.6. The average molecular weight is 340 g/mol. The molecule has 2 N–H and O–H groups in total. The number of H-pyrrole nitrogens is 1. The molecule has 1 aromatic carbocycles. The highest BCUT2D eigenvalue weighted by atomic mass is 16.5. The van der Waals surface area contributed by atoms with Crippen LogP contribution in [0.4, 0.5) is 0 Å². The molecule has 2 heterocycles. The normalized spacial score (nSPS) is 17.9. The lowest BCUT2D eigenvalue weighted by atomic mass is 9.91. The van der Waals surface area contributed by atoms with Gasteiger partial charge in [0.15, 0.2) is 0 Å². The van der Waals surface area contributed by atoms with Crippen LogP contribution in [0.15, 0.2) is 24.5 Å². The third kappa shape index (κ3) is 2.73. The van der Waals surface area contributed by atoms with Gasteiger partial charge < -0.3 is 15.0 Å². The number of carbonyl (C=O) groups excluding carboxylic acids is 1. The van der Waals surface area contributed by atoms with Gasteiger partial charge in [0, 0.05) is 16.6 Å². The Bertz CT molecular complexity index is 901. The van der Waals surface area contributed by atoms with Crippen molar-refractivity contribution >= 4 is 16.8 Å². The first-order valence-electron chi connectivity index (χ1n) is 8.38. The minimum atomic E-state index is -0.454. The molecule has 0 saturated heterocycles. The van der Waals surface area contributed by atoms with E-state index < -0.39 is 6.04 Å². The second-order valence-corrected chi connectivity index (χ2v) is 6.35. The van der Waals surface area contributed by atoms with Crippen LogP contribution in [-0.2, 0) is 11.2 Å². The van der Waals surface area contributed by atoms with E-state index in [-0.39, 0.29) is 11.9 Å². The van der Waals surface area contributed by atoms with Crippen LogP contribution < -0.4 is 10.1 Å². The predicted molar refractivity (Wildman–Crippen MR) is 91.2 cm³/mol. The predicted octanol–water partition coefficient (Wildman–Crippen LogP) is 1.92. The zero-order valence-corrected chi connectivity index (χ0v) is 14.2. The van der Waals surface area contributed by atoms with Crippen LogP contribution in [-0.4, -0.2) is 38.2 Å². The van der Waals surface area contributed by atoms with Gasteiger partial charge in [-0.05, 0) is 60.4 Å². The van der Waals surface area contributed by atoms with E-state index in [9.17, 15) is 4.79 Å². The van der Waals surface area contributed by atoms with Crippen molar-refractivity contribution in [2.24, 2.45) is 0 Å². The fourth-order valence-electron chi connectivity index (χ4n) is 3.47. The van der Waals surface area contributed by atoms with E-state index in [1.807, 2.05) is 12.1 Å². The molecule has 4 rings (SSSR count). The Labute approximate surface area is 144 Å². The van der Waals surface area contributed by atoms with Gasteiger partial charge in [0.05, 0.1) is 13.2 Å². The van der Waals surface area contributed by atoms with Gasteiger partial charge in [0.2, 0.25) is 5.91 Å². The third-order valence-corrected chi connectivity index (χ3v) is 4.87. The maximum Gasteiger partial charge on any atom is 0.245 e. The highest BCUT2D eigenvalue weighted by molar-refractivity contribution is 5.87. The summed E-state index contributed by atoms with van der Waals surface area (Å²) in [6.07, 6.45) is 4.38. The first-order valence-corrected chi connectivity index (χ1v) is 8.38. The molecule has 0 fully saturated rings. The molecule has 2 atom stereocenters. The number of methoxy groups -OCH3 is 1. The summed E-state index contributed by atoms with van der Waals surface area (Å²) in [7, 11) is 1.67. The zero-order chi connectivity index (χ0) is 17.4. The Morgan fingerprint density at radius 1 is 1.48 bits per heavy atom. The summed E-state index contributed by atoms with van der Waals surface area (Å²) in [5, 5.41) is 15.3. The van der Waals surface area contributed by atoms with Crippen LogP contribution in [0.5, 0.6) is 5.75 Å². The number of fused-ring (bicyclic) bond motifs is 3. The summed E-state index contributed by atoms with van der Waals surface area (Å²) in [5.74, 6) is 0.745. The largest absolute Gasteiger partial charge is 0.497 e. The van der Waals surface area contributed by atoms with Crippen molar-refractivity contribution in [3.8, 4) is 5.75 Å². The summed E-state index contributed by atoms with van der Waals surface area (Å²) in [6.45, 7) is 1.78. The Morgan fingerprint density at radius 3 is 3.12 bits per heavy atom. The summed E-state index contributed by atoms with van der Waals surface area (Å²) in [4.78, 5) is 16.1. The maximum absolute atomic E-state index is 12.6. The standard InChI is InChI=1S/C17H20N6O2/c1-10(23-9-18-21-22-23)17(24)20-15-5-3-4-12-13-8-11(25-2)6-7-14(13)19-16(12)15/h6-10,15,19H,3-5H2,1-2H3,(H,20,24). The van der Waals surface area contributed by atoms with Crippen molar-refractivity contribution in [2.75, 3.05) is 7.11 Å². The number of ether oxygens (including phenoxy) is 1. The summed E-state index contributed by atoms with van der Waals surface area (Å²) in [5.41, 5.74) is 3.42. The Kier molecular flexibility index (Phi) is 3.87. The molecule has 1 amide bonds. The summed E-state index contributed by atoms with van der Waals surface area (Å²) < 4.78 is 6.80. The molecule has 1 aliphatic carbocycles. The van der Waals surface area contributed by atoms with E-state index >= 15 is 0 Å². The second kappa shape index (κ2) is 6.19. The number of aryl methyl sites for hydroxylation is 1. The van der Waals surface area contributed by atoms with Crippen LogP contribution in [0.3, 0.4) is 0 Å². The van der Waals surface area contributed by atoms with Gasteiger partial charge in [-0.2, -0.15) is 0 Å².